The van der Waals surface area contributed by atoms with Gasteiger partial charge in [0.1, 0.15) is 11.8 Å². The van der Waals surface area contributed by atoms with Gasteiger partial charge >= 0.3 is 0 Å². The van der Waals surface area contributed by atoms with Gasteiger partial charge in [0.25, 0.3) is 5.91 Å². The summed E-state index contributed by atoms with van der Waals surface area (Å²) in [6.45, 7) is 1.40. The van der Waals surface area contributed by atoms with Crippen molar-refractivity contribution in [1.29, 1.82) is 0 Å². The van der Waals surface area contributed by atoms with Crippen molar-refractivity contribution in [2.45, 2.75) is 19.4 Å². The molecule has 2 N–H and O–H groups in total. The molecule has 1 aliphatic heterocycles. The first-order chi connectivity index (χ1) is 12.9. The van der Waals surface area contributed by atoms with Crippen LogP contribution in [0.2, 0.25) is 5.02 Å². The van der Waals surface area contributed by atoms with Crippen LogP contribution in [0.15, 0.2) is 42.5 Å². The second-order valence-electron chi connectivity index (χ2n) is 6.04. The summed E-state index contributed by atoms with van der Waals surface area (Å²) >= 11 is 5.97. The van der Waals surface area contributed by atoms with E-state index in [0.717, 1.165) is 4.90 Å². The molecular formula is C19H18ClN3O4. The Bertz CT molecular complexity index is 916. The van der Waals surface area contributed by atoms with E-state index in [2.05, 4.69) is 10.6 Å². The summed E-state index contributed by atoms with van der Waals surface area (Å²) in [6, 6.07) is 10.8. The van der Waals surface area contributed by atoms with Crippen molar-refractivity contribution in [3.05, 3.63) is 47.5 Å². The highest BCUT2D eigenvalue weighted by atomic mass is 35.5. The van der Waals surface area contributed by atoms with Crippen molar-refractivity contribution >= 4 is 46.4 Å². The number of imide groups is 1. The Balaban J connectivity index is 1.85. The van der Waals surface area contributed by atoms with Crippen LogP contribution in [0.1, 0.15) is 13.3 Å². The highest BCUT2D eigenvalue weighted by Crippen LogP contribution is 2.32. The van der Waals surface area contributed by atoms with E-state index in [4.69, 9.17) is 16.3 Å². The minimum Gasteiger partial charge on any atom is -0.495 e. The Labute approximate surface area is 161 Å². The number of carbonyl (C=O) groups excluding carboxylic acids is 3. The molecule has 0 aliphatic carbocycles. The fourth-order valence-corrected chi connectivity index (χ4v) is 3.11. The smallest absolute Gasteiger partial charge is 0.256 e. The van der Waals surface area contributed by atoms with Crippen molar-refractivity contribution < 1.29 is 19.1 Å². The van der Waals surface area contributed by atoms with Gasteiger partial charge in [0.2, 0.25) is 11.8 Å². The Morgan fingerprint density at radius 1 is 1.22 bits per heavy atom. The van der Waals surface area contributed by atoms with Crippen LogP contribution in [0.25, 0.3) is 0 Å². The number of carbonyl (C=O) groups is 3. The third-order valence-electron chi connectivity index (χ3n) is 4.06. The SMILES string of the molecule is COc1ccc(NC(C)=O)cc1N[C@H]1CC(=O)N(c2cccc(Cl)c2)C1=O. The van der Waals surface area contributed by atoms with E-state index >= 15 is 0 Å². The molecule has 1 heterocycles. The first-order valence-electron chi connectivity index (χ1n) is 8.23. The van der Waals surface area contributed by atoms with Crippen molar-refractivity contribution in [3.63, 3.8) is 0 Å². The Morgan fingerprint density at radius 3 is 2.67 bits per heavy atom. The van der Waals surface area contributed by atoms with Gasteiger partial charge in [-0.2, -0.15) is 0 Å². The number of ether oxygens (including phenoxy) is 1. The minimum absolute atomic E-state index is 0.00113. The predicted molar refractivity (Wildman–Crippen MR) is 103 cm³/mol. The molecule has 0 spiro atoms. The van der Waals surface area contributed by atoms with E-state index in [0.29, 0.717) is 27.8 Å². The van der Waals surface area contributed by atoms with Crippen LogP contribution >= 0.6 is 11.6 Å². The summed E-state index contributed by atoms with van der Waals surface area (Å²) < 4.78 is 5.30. The molecule has 0 aromatic heterocycles. The van der Waals surface area contributed by atoms with Crippen LogP contribution in [0, 0.1) is 0 Å². The summed E-state index contributed by atoms with van der Waals surface area (Å²) in [5.41, 5.74) is 1.48. The van der Waals surface area contributed by atoms with Gasteiger partial charge < -0.3 is 15.4 Å². The van der Waals surface area contributed by atoms with Gasteiger partial charge in [0, 0.05) is 17.6 Å². The number of halogens is 1. The number of nitrogens with one attached hydrogen (secondary N) is 2. The molecule has 8 heteroatoms. The van der Waals surface area contributed by atoms with E-state index in [-0.39, 0.29) is 24.1 Å². The number of benzene rings is 2. The molecule has 27 heavy (non-hydrogen) atoms. The first-order valence-corrected chi connectivity index (χ1v) is 8.61. The maximum atomic E-state index is 12.8. The fourth-order valence-electron chi connectivity index (χ4n) is 2.92. The monoisotopic (exact) mass is 387 g/mol. The minimum atomic E-state index is -0.752. The Kier molecular flexibility index (Phi) is 5.32. The van der Waals surface area contributed by atoms with Crippen LogP contribution in [-0.2, 0) is 14.4 Å². The van der Waals surface area contributed by atoms with Gasteiger partial charge in [-0.15, -0.1) is 0 Å². The number of hydrogen-bond acceptors (Lipinski definition) is 5. The zero-order chi connectivity index (χ0) is 19.6. The van der Waals surface area contributed by atoms with Gasteiger partial charge in [0.05, 0.1) is 24.9 Å². The van der Waals surface area contributed by atoms with Gasteiger partial charge in [-0.1, -0.05) is 17.7 Å². The quantitative estimate of drug-likeness (QED) is 0.770. The number of hydrogen-bond donors (Lipinski definition) is 2. The molecule has 2 aromatic rings. The number of nitrogens with zero attached hydrogens (tertiary/aromatic N) is 1. The van der Waals surface area contributed by atoms with Gasteiger partial charge in [-0.3, -0.25) is 14.4 Å². The summed E-state index contributed by atoms with van der Waals surface area (Å²) in [5.74, 6) is -0.429. The Morgan fingerprint density at radius 2 is 2.00 bits per heavy atom. The third kappa shape index (κ3) is 4.03. The van der Waals surface area contributed by atoms with Crippen molar-refractivity contribution in [1.82, 2.24) is 0 Å². The molecule has 1 aliphatic rings. The predicted octanol–water partition coefficient (Wildman–Crippen LogP) is 3.05. The zero-order valence-corrected chi connectivity index (χ0v) is 15.5. The molecule has 1 saturated heterocycles. The van der Waals surface area contributed by atoms with Crippen molar-refractivity contribution in [2.24, 2.45) is 0 Å². The normalized spacial score (nSPS) is 16.4. The average Bonchev–Trinajstić information content (AvgIpc) is 2.88. The fraction of sp³-hybridized carbons (Fsp3) is 0.211. The highest BCUT2D eigenvalue weighted by molar-refractivity contribution is 6.31. The number of anilines is 3. The molecule has 3 rings (SSSR count). The summed E-state index contributed by atoms with van der Waals surface area (Å²) in [7, 11) is 1.50. The lowest BCUT2D eigenvalue weighted by atomic mass is 10.2. The molecule has 7 nitrogen and oxygen atoms in total. The lowest BCUT2D eigenvalue weighted by molar-refractivity contribution is -0.121. The first kappa shape index (κ1) is 18.7. The van der Waals surface area contributed by atoms with Gasteiger partial charge in [-0.05, 0) is 36.4 Å². The lowest BCUT2D eigenvalue weighted by Gasteiger charge is -2.18. The summed E-state index contributed by atoms with van der Waals surface area (Å²) in [5, 5.41) is 6.16. The zero-order valence-electron chi connectivity index (χ0n) is 14.8. The maximum Gasteiger partial charge on any atom is 0.256 e. The van der Waals surface area contributed by atoms with E-state index in [1.165, 1.54) is 14.0 Å². The number of rotatable bonds is 5. The topological polar surface area (TPSA) is 87.7 Å². The van der Waals surface area contributed by atoms with Crippen LogP contribution in [0.3, 0.4) is 0 Å². The highest BCUT2D eigenvalue weighted by Gasteiger charge is 2.40. The third-order valence-corrected chi connectivity index (χ3v) is 4.30. The second-order valence-corrected chi connectivity index (χ2v) is 6.48. The molecule has 0 bridgehead atoms. The number of amides is 3. The van der Waals surface area contributed by atoms with E-state index in [1.807, 2.05) is 0 Å². The molecule has 0 unspecified atom stereocenters. The standard InChI is InChI=1S/C19H18ClN3O4/c1-11(24)21-13-6-7-17(27-2)15(9-13)22-16-10-18(25)23(19(16)26)14-5-3-4-12(20)8-14/h3-9,16,22H,10H2,1-2H3,(H,21,24)/t16-/m0/s1. The van der Waals surface area contributed by atoms with E-state index < -0.39 is 6.04 Å². The van der Waals surface area contributed by atoms with Gasteiger partial charge in [-0.25, -0.2) is 4.90 Å². The van der Waals surface area contributed by atoms with Crippen LogP contribution in [-0.4, -0.2) is 30.9 Å². The molecule has 0 radical (unpaired) electrons. The lowest BCUT2D eigenvalue weighted by Crippen LogP contribution is -2.34. The Hall–Kier alpha value is -3.06. The summed E-state index contributed by atoms with van der Waals surface area (Å²) in [6.07, 6.45) is -0.00113. The number of methoxy groups -OCH3 is 1. The molecular weight excluding hydrogens is 370 g/mol. The van der Waals surface area contributed by atoms with Crippen molar-refractivity contribution in [2.75, 3.05) is 22.6 Å². The second kappa shape index (κ2) is 7.67. The van der Waals surface area contributed by atoms with Gasteiger partial charge in [0.15, 0.2) is 0 Å². The molecule has 3 amide bonds. The average molecular weight is 388 g/mol. The molecule has 140 valence electrons. The van der Waals surface area contributed by atoms with E-state index in [9.17, 15) is 14.4 Å². The molecule has 1 fully saturated rings. The summed E-state index contributed by atoms with van der Waals surface area (Å²) in [4.78, 5) is 37.6. The van der Waals surface area contributed by atoms with E-state index in [1.54, 1.807) is 42.5 Å². The largest absolute Gasteiger partial charge is 0.495 e. The molecule has 2 aromatic carbocycles. The van der Waals surface area contributed by atoms with Crippen LogP contribution in [0.5, 0.6) is 5.75 Å². The molecule has 0 saturated carbocycles. The van der Waals surface area contributed by atoms with Crippen molar-refractivity contribution in [3.8, 4) is 5.75 Å². The maximum absolute atomic E-state index is 12.8. The van der Waals surface area contributed by atoms with Crippen LogP contribution in [0.4, 0.5) is 17.1 Å². The molecule has 1 atom stereocenters. The van der Waals surface area contributed by atoms with Crippen LogP contribution < -0.4 is 20.3 Å².